The molecule has 0 spiro atoms. The Labute approximate surface area is 124 Å². The molecule has 5 nitrogen and oxygen atoms in total. The molecule has 5 heteroatoms. The first-order valence-corrected chi connectivity index (χ1v) is 6.58. The summed E-state index contributed by atoms with van der Waals surface area (Å²) in [6.45, 7) is 0.682. The van der Waals surface area contributed by atoms with Crippen LogP contribution in [-0.2, 0) is 6.42 Å². The van der Waals surface area contributed by atoms with Crippen molar-refractivity contribution in [2.45, 2.75) is 6.42 Å². The SMILES string of the molecule is COc1ccc(CCNc2ncccc2C#N)cc1OC. The first kappa shape index (κ1) is 14.7. The highest BCUT2D eigenvalue weighted by Crippen LogP contribution is 2.27. The molecule has 0 saturated carbocycles. The molecule has 0 aliphatic carbocycles. The summed E-state index contributed by atoms with van der Waals surface area (Å²) in [7, 11) is 3.23. The minimum atomic E-state index is 0.546. The summed E-state index contributed by atoms with van der Waals surface area (Å²) in [5, 5.41) is 12.2. The van der Waals surface area contributed by atoms with E-state index < -0.39 is 0 Å². The van der Waals surface area contributed by atoms with Gasteiger partial charge in [0.05, 0.1) is 19.8 Å². The largest absolute Gasteiger partial charge is 0.493 e. The number of hydrogen-bond donors (Lipinski definition) is 1. The Morgan fingerprint density at radius 2 is 2.00 bits per heavy atom. The Morgan fingerprint density at radius 3 is 2.71 bits per heavy atom. The second kappa shape index (κ2) is 7.15. The molecule has 1 aromatic heterocycles. The van der Waals surface area contributed by atoms with Crippen molar-refractivity contribution in [3.63, 3.8) is 0 Å². The number of pyridine rings is 1. The van der Waals surface area contributed by atoms with Crippen molar-refractivity contribution in [2.75, 3.05) is 26.1 Å². The molecule has 0 amide bonds. The summed E-state index contributed by atoms with van der Waals surface area (Å²) in [4.78, 5) is 4.16. The summed E-state index contributed by atoms with van der Waals surface area (Å²) < 4.78 is 10.5. The predicted molar refractivity (Wildman–Crippen MR) is 80.7 cm³/mol. The average molecular weight is 283 g/mol. The summed E-state index contributed by atoms with van der Waals surface area (Å²) >= 11 is 0. The maximum atomic E-state index is 9.00. The molecule has 1 aromatic carbocycles. The fraction of sp³-hybridized carbons (Fsp3) is 0.250. The van der Waals surface area contributed by atoms with Gasteiger partial charge in [-0.15, -0.1) is 0 Å². The third kappa shape index (κ3) is 3.63. The molecule has 0 bridgehead atoms. The predicted octanol–water partition coefficient (Wildman–Crippen LogP) is 2.63. The van der Waals surface area contributed by atoms with Crippen LogP contribution in [0.15, 0.2) is 36.5 Å². The zero-order valence-electron chi connectivity index (χ0n) is 12.1. The molecule has 0 unspecified atom stereocenters. The number of rotatable bonds is 6. The van der Waals surface area contributed by atoms with Gasteiger partial charge in [0.2, 0.25) is 0 Å². The van der Waals surface area contributed by atoms with E-state index in [4.69, 9.17) is 14.7 Å². The monoisotopic (exact) mass is 283 g/mol. The van der Waals surface area contributed by atoms with E-state index in [0.29, 0.717) is 29.4 Å². The lowest BCUT2D eigenvalue weighted by Gasteiger charge is -2.10. The Balaban J connectivity index is 1.99. The minimum absolute atomic E-state index is 0.546. The van der Waals surface area contributed by atoms with Gasteiger partial charge in [0.25, 0.3) is 0 Å². The molecule has 0 saturated heterocycles. The summed E-state index contributed by atoms with van der Waals surface area (Å²) in [6, 6.07) is 11.4. The fourth-order valence-electron chi connectivity index (χ4n) is 2.00. The van der Waals surface area contributed by atoms with Crippen LogP contribution in [0.3, 0.4) is 0 Å². The number of anilines is 1. The van der Waals surface area contributed by atoms with E-state index in [-0.39, 0.29) is 0 Å². The van der Waals surface area contributed by atoms with Gasteiger partial charge >= 0.3 is 0 Å². The van der Waals surface area contributed by atoms with Gasteiger partial charge in [-0.1, -0.05) is 6.07 Å². The molecule has 108 valence electrons. The third-order valence-electron chi connectivity index (χ3n) is 3.08. The highest BCUT2D eigenvalue weighted by atomic mass is 16.5. The maximum Gasteiger partial charge on any atom is 0.160 e. The zero-order valence-corrected chi connectivity index (χ0v) is 12.1. The molecule has 0 atom stereocenters. The molecular weight excluding hydrogens is 266 g/mol. The van der Waals surface area contributed by atoms with Gasteiger partial charge in [-0.05, 0) is 36.2 Å². The molecular formula is C16H17N3O2. The van der Waals surface area contributed by atoms with Crippen LogP contribution >= 0.6 is 0 Å². The molecule has 0 aliphatic rings. The lowest BCUT2D eigenvalue weighted by Crippen LogP contribution is -2.07. The van der Waals surface area contributed by atoms with E-state index in [0.717, 1.165) is 12.0 Å². The van der Waals surface area contributed by atoms with Crippen LogP contribution < -0.4 is 14.8 Å². The van der Waals surface area contributed by atoms with E-state index >= 15 is 0 Å². The summed E-state index contributed by atoms with van der Waals surface area (Å²) in [6.07, 6.45) is 2.46. The van der Waals surface area contributed by atoms with Gasteiger partial charge in [-0.25, -0.2) is 4.98 Å². The molecule has 1 N–H and O–H groups in total. The van der Waals surface area contributed by atoms with Crippen LogP contribution in [0.4, 0.5) is 5.82 Å². The number of benzene rings is 1. The van der Waals surface area contributed by atoms with Crippen molar-refractivity contribution in [1.29, 1.82) is 5.26 Å². The maximum absolute atomic E-state index is 9.00. The number of nitrogens with zero attached hydrogens (tertiary/aromatic N) is 2. The summed E-state index contributed by atoms with van der Waals surface area (Å²) in [5.41, 5.74) is 1.67. The van der Waals surface area contributed by atoms with E-state index in [1.165, 1.54) is 0 Å². The van der Waals surface area contributed by atoms with Crippen molar-refractivity contribution in [2.24, 2.45) is 0 Å². The van der Waals surface area contributed by atoms with E-state index in [1.54, 1.807) is 32.5 Å². The van der Waals surface area contributed by atoms with Crippen molar-refractivity contribution in [3.8, 4) is 17.6 Å². The van der Waals surface area contributed by atoms with Crippen LogP contribution in [0.1, 0.15) is 11.1 Å². The fourth-order valence-corrected chi connectivity index (χ4v) is 2.00. The van der Waals surface area contributed by atoms with Gasteiger partial charge < -0.3 is 14.8 Å². The van der Waals surface area contributed by atoms with E-state index in [1.807, 2.05) is 18.2 Å². The third-order valence-corrected chi connectivity index (χ3v) is 3.08. The molecule has 0 radical (unpaired) electrons. The summed E-state index contributed by atoms with van der Waals surface area (Å²) in [5.74, 6) is 2.04. The lowest BCUT2D eigenvalue weighted by molar-refractivity contribution is 0.354. The number of hydrogen-bond acceptors (Lipinski definition) is 5. The number of nitriles is 1. The smallest absolute Gasteiger partial charge is 0.160 e. The van der Waals surface area contributed by atoms with Crippen LogP contribution in [0.5, 0.6) is 11.5 Å². The highest BCUT2D eigenvalue weighted by Gasteiger charge is 2.05. The van der Waals surface area contributed by atoms with Crippen molar-refractivity contribution in [1.82, 2.24) is 4.98 Å². The number of ether oxygens (including phenoxy) is 2. The Kier molecular flexibility index (Phi) is 4.99. The zero-order chi connectivity index (χ0) is 15.1. The molecule has 2 aromatic rings. The highest BCUT2D eigenvalue weighted by molar-refractivity contribution is 5.51. The van der Waals surface area contributed by atoms with Crippen LogP contribution in [0.2, 0.25) is 0 Å². The number of aromatic nitrogens is 1. The molecule has 21 heavy (non-hydrogen) atoms. The normalized spacial score (nSPS) is 9.76. The molecule has 2 rings (SSSR count). The second-order valence-corrected chi connectivity index (χ2v) is 4.38. The molecule has 0 fully saturated rings. The Hall–Kier alpha value is -2.74. The van der Waals surface area contributed by atoms with Crippen LogP contribution in [0.25, 0.3) is 0 Å². The van der Waals surface area contributed by atoms with Crippen LogP contribution in [-0.4, -0.2) is 25.7 Å². The molecule has 0 aliphatic heterocycles. The lowest BCUT2D eigenvalue weighted by atomic mass is 10.1. The topological polar surface area (TPSA) is 67.2 Å². The number of nitrogens with one attached hydrogen (secondary N) is 1. The van der Waals surface area contributed by atoms with E-state index in [2.05, 4.69) is 16.4 Å². The Morgan fingerprint density at radius 1 is 1.19 bits per heavy atom. The van der Waals surface area contributed by atoms with Crippen molar-refractivity contribution >= 4 is 5.82 Å². The first-order valence-electron chi connectivity index (χ1n) is 6.58. The van der Waals surface area contributed by atoms with Gasteiger partial charge in [-0.2, -0.15) is 5.26 Å². The minimum Gasteiger partial charge on any atom is -0.493 e. The standard InChI is InChI=1S/C16H17N3O2/c1-20-14-6-5-12(10-15(14)21-2)7-9-19-16-13(11-17)4-3-8-18-16/h3-6,8,10H,7,9H2,1-2H3,(H,18,19). The first-order chi connectivity index (χ1) is 10.3. The molecule has 1 heterocycles. The van der Waals surface area contributed by atoms with Gasteiger partial charge in [-0.3, -0.25) is 0 Å². The van der Waals surface area contributed by atoms with Crippen molar-refractivity contribution in [3.05, 3.63) is 47.7 Å². The quantitative estimate of drug-likeness (QED) is 0.882. The van der Waals surface area contributed by atoms with Crippen LogP contribution in [0, 0.1) is 11.3 Å². The van der Waals surface area contributed by atoms with Crippen molar-refractivity contribution < 1.29 is 9.47 Å². The van der Waals surface area contributed by atoms with Gasteiger partial charge in [0.1, 0.15) is 11.9 Å². The van der Waals surface area contributed by atoms with Gasteiger partial charge in [0, 0.05) is 12.7 Å². The Bertz CT molecular complexity index is 650. The second-order valence-electron chi connectivity index (χ2n) is 4.38. The van der Waals surface area contributed by atoms with Gasteiger partial charge in [0.15, 0.2) is 11.5 Å². The van der Waals surface area contributed by atoms with E-state index in [9.17, 15) is 0 Å². The average Bonchev–Trinajstić information content (AvgIpc) is 2.55. The number of methoxy groups -OCH3 is 2.